The van der Waals surface area contributed by atoms with Gasteiger partial charge in [0.05, 0.1) is 6.20 Å². The number of nitrogens with one attached hydrogen (secondary N) is 1. The Morgan fingerprint density at radius 3 is 2.67 bits per heavy atom. The molecule has 0 saturated heterocycles. The largest absolute Gasteiger partial charge is 0.508 e. The van der Waals surface area contributed by atoms with Gasteiger partial charge in [-0.25, -0.2) is 0 Å². The van der Waals surface area contributed by atoms with Gasteiger partial charge < -0.3 is 10.4 Å². The van der Waals surface area contributed by atoms with Crippen LogP contribution in [0.15, 0.2) is 24.5 Å². The van der Waals surface area contributed by atoms with Crippen LogP contribution < -0.4 is 5.32 Å². The number of rotatable bonds is 4. The molecular formula is C16H21N3O2. The summed E-state index contributed by atoms with van der Waals surface area (Å²) in [5.41, 5.74) is 3.41. The van der Waals surface area contributed by atoms with Crippen LogP contribution in [0.1, 0.15) is 36.5 Å². The maximum absolute atomic E-state index is 12.1. The van der Waals surface area contributed by atoms with Crippen LogP contribution in [0.25, 0.3) is 0 Å². The van der Waals surface area contributed by atoms with Crippen molar-refractivity contribution in [2.45, 2.75) is 40.2 Å². The summed E-state index contributed by atoms with van der Waals surface area (Å²) in [6.45, 7) is 7.97. The molecule has 0 radical (unpaired) electrons. The number of benzene rings is 1. The van der Waals surface area contributed by atoms with Crippen molar-refractivity contribution < 1.29 is 9.90 Å². The summed E-state index contributed by atoms with van der Waals surface area (Å²) < 4.78 is 1.60. The summed E-state index contributed by atoms with van der Waals surface area (Å²) in [4.78, 5) is 12.1. The average Bonchev–Trinajstić information content (AvgIpc) is 2.77. The van der Waals surface area contributed by atoms with Gasteiger partial charge in [0.15, 0.2) is 0 Å². The van der Waals surface area contributed by atoms with E-state index in [4.69, 9.17) is 0 Å². The molecule has 1 heterocycles. The topological polar surface area (TPSA) is 67.2 Å². The zero-order chi connectivity index (χ0) is 15.6. The van der Waals surface area contributed by atoms with E-state index in [0.717, 1.165) is 22.4 Å². The maximum atomic E-state index is 12.1. The number of amides is 1. The molecule has 0 atom stereocenters. The predicted molar refractivity (Wildman–Crippen MR) is 82.5 cm³/mol. The summed E-state index contributed by atoms with van der Waals surface area (Å²) in [5.74, 6) is 0.319. The fourth-order valence-electron chi connectivity index (χ4n) is 2.20. The first kappa shape index (κ1) is 15.1. The number of hydrogen-bond acceptors (Lipinski definition) is 3. The third-order valence-electron chi connectivity index (χ3n) is 3.34. The molecular weight excluding hydrogens is 266 g/mol. The van der Waals surface area contributed by atoms with Crippen LogP contribution in [-0.2, 0) is 11.3 Å². The number of carbonyl (C=O) groups excluding carboxylic acids is 1. The van der Waals surface area contributed by atoms with Crippen molar-refractivity contribution in [3.05, 3.63) is 41.2 Å². The molecule has 0 bridgehead atoms. The third kappa shape index (κ3) is 3.62. The normalized spacial score (nSPS) is 10.9. The Labute approximate surface area is 124 Å². The lowest BCUT2D eigenvalue weighted by Gasteiger charge is -2.14. The molecule has 2 rings (SSSR count). The van der Waals surface area contributed by atoms with Crippen LogP contribution in [0.3, 0.4) is 0 Å². The Balaban J connectivity index is 2.15. The van der Waals surface area contributed by atoms with Gasteiger partial charge in [-0.3, -0.25) is 9.48 Å². The third-order valence-corrected chi connectivity index (χ3v) is 3.34. The maximum Gasteiger partial charge on any atom is 0.246 e. The van der Waals surface area contributed by atoms with Crippen LogP contribution in [0, 0.1) is 13.8 Å². The summed E-state index contributed by atoms with van der Waals surface area (Å²) in [6.07, 6.45) is 3.54. The minimum atomic E-state index is -0.137. The fourth-order valence-corrected chi connectivity index (χ4v) is 2.20. The second-order valence-corrected chi connectivity index (χ2v) is 5.64. The van der Waals surface area contributed by atoms with E-state index in [9.17, 15) is 9.90 Å². The Hall–Kier alpha value is -2.30. The van der Waals surface area contributed by atoms with Crippen LogP contribution in [0.2, 0.25) is 0 Å². The Bertz CT molecular complexity index is 660. The molecule has 2 N–H and O–H groups in total. The SMILES string of the molecule is Cc1cnn(CC(=O)Nc2cc(C(C)C)c(O)cc2C)c1. The molecule has 0 aliphatic rings. The van der Waals surface area contributed by atoms with E-state index in [-0.39, 0.29) is 24.1 Å². The molecule has 5 heteroatoms. The van der Waals surface area contributed by atoms with Crippen molar-refractivity contribution in [2.75, 3.05) is 5.32 Å². The molecule has 2 aromatic rings. The number of phenols is 1. The summed E-state index contributed by atoms with van der Waals surface area (Å²) in [6, 6.07) is 3.52. The summed E-state index contributed by atoms with van der Waals surface area (Å²) >= 11 is 0. The fraction of sp³-hybridized carbons (Fsp3) is 0.375. The van der Waals surface area contributed by atoms with E-state index in [1.807, 2.05) is 40.0 Å². The van der Waals surface area contributed by atoms with Gasteiger partial charge in [-0.1, -0.05) is 13.8 Å². The van der Waals surface area contributed by atoms with E-state index in [2.05, 4.69) is 10.4 Å². The lowest BCUT2D eigenvalue weighted by Crippen LogP contribution is -2.19. The van der Waals surface area contributed by atoms with Gasteiger partial charge in [0.1, 0.15) is 12.3 Å². The summed E-state index contributed by atoms with van der Waals surface area (Å²) in [7, 11) is 0. The highest BCUT2D eigenvalue weighted by atomic mass is 16.3. The predicted octanol–water partition coefficient (Wildman–Crippen LogP) is 2.97. The lowest BCUT2D eigenvalue weighted by molar-refractivity contribution is -0.116. The highest BCUT2D eigenvalue weighted by Crippen LogP contribution is 2.31. The first-order valence-electron chi connectivity index (χ1n) is 6.99. The van der Waals surface area contributed by atoms with Gasteiger partial charge in [0, 0.05) is 11.9 Å². The molecule has 112 valence electrons. The highest BCUT2D eigenvalue weighted by molar-refractivity contribution is 5.91. The molecule has 1 aromatic heterocycles. The molecule has 0 saturated carbocycles. The number of anilines is 1. The van der Waals surface area contributed by atoms with E-state index in [0.29, 0.717) is 0 Å². The Morgan fingerprint density at radius 2 is 2.10 bits per heavy atom. The molecule has 0 aliphatic carbocycles. The van der Waals surface area contributed by atoms with Crippen molar-refractivity contribution in [3.8, 4) is 5.75 Å². The minimum Gasteiger partial charge on any atom is -0.508 e. The van der Waals surface area contributed by atoms with Gasteiger partial charge in [-0.05, 0) is 48.6 Å². The lowest BCUT2D eigenvalue weighted by atomic mass is 9.99. The van der Waals surface area contributed by atoms with E-state index >= 15 is 0 Å². The van der Waals surface area contributed by atoms with Gasteiger partial charge in [0.2, 0.25) is 5.91 Å². The van der Waals surface area contributed by atoms with Crippen molar-refractivity contribution in [3.63, 3.8) is 0 Å². The second-order valence-electron chi connectivity index (χ2n) is 5.64. The Kier molecular flexibility index (Phi) is 4.31. The standard InChI is InChI=1S/C16H21N3O2/c1-10(2)13-6-14(12(4)5-15(13)20)18-16(21)9-19-8-11(3)7-17-19/h5-8,10,20H,9H2,1-4H3,(H,18,21). The van der Waals surface area contributed by atoms with Gasteiger partial charge in [0.25, 0.3) is 0 Å². The number of phenolic OH excluding ortho intramolecular Hbond substituents is 1. The monoisotopic (exact) mass is 287 g/mol. The summed E-state index contributed by atoms with van der Waals surface area (Å²) in [5, 5.41) is 16.9. The van der Waals surface area contributed by atoms with Crippen LogP contribution >= 0.6 is 0 Å². The molecule has 0 unspecified atom stereocenters. The minimum absolute atomic E-state index is 0.137. The Morgan fingerprint density at radius 1 is 1.38 bits per heavy atom. The number of aromatic nitrogens is 2. The molecule has 0 aliphatic heterocycles. The first-order valence-corrected chi connectivity index (χ1v) is 6.99. The van der Waals surface area contributed by atoms with Crippen LogP contribution in [0.5, 0.6) is 5.75 Å². The number of carbonyl (C=O) groups is 1. The number of nitrogens with zero attached hydrogens (tertiary/aromatic N) is 2. The molecule has 0 spiro atoms. The van der Waals surface area contributed by atoms with Crippen molar-refractivity contribution >= 4 is 11.6 Å². The molecule has 1 amide bonds. The second kappa shape index (κ2) is 5.99. The van der Waals surface area contributed by atoms with Crippen molar-refractivity contribution in [1.82, 2.24) is 9.78 Å². The number of aromatic hydroxyl groups is 1. The quantitative estimate of drug-likeness (QED) is 0.850. The average molecular weight is 287 g/mol. The molecule has 0 fully saturated rings. The highest BCUT2D eigenvalue weighted by Gasteiger charge is 2.12. The van der Waals surface area contributed by atoms with Crippen LogP contribution in [0.4, 0.5) is 5.69 Å². The zero-order valence-corrected chi connectivity index (χ0v) is 12.8. The molecule has 5 nitrogen and oxygen atoms in total. The number of aryl methyl sites for hydroxylation is 2. The molecule has 21 heavy (non-hydrogen) atoms. The van der Waals surface area contributed by atoms with E-state index in [1.165, 1.54) is 0 Å². The van der Waals surface area contributed by atoms with Gasteiger partial charge >= 0.3 is 0 Å². The molecule has 1 aromatic carbocycles. The van der Waals surface area contributed by atoms with Gasteiger partial charge in [-0.15, -0.1) is 0 Å². The zero-order valence-electron chi connectivity index (χ0n) is 12.8. The van der Waals surface area contributed by atoms with Crippen LogP contribution in [-0.4, -0.2) is 20.8 Å². The number of hydrogen-bond donors (Lipinski definition) is 2. The van der Waals surface area contributed by atoms with E-state index in [1.54, 1.807) is 16.9 Å². The van der Waals surface area contributed by atoms with Crippen molar-refractivity contribution in [1.29, 1.82) is 0 Å². The smallest absolute Gasteiger partial charge is 0.246 e. The van der Waals surface area contributed by atoms with Gasteiger partial charge in [-0.2, -0.15) is 5.10 Å². The van der Waals surface area contributed by atoms with Crippen molar-refractivity contribution in [2.24, 2.45) is 0 Å². The van der Waals surface area contributed by atoms with E-state index < -0.39 is 0 Å². The first-order chi connectivity index (χ1) is 9.86.